The lowest BCUT2D eigenvalue weighted by Gasteiger charge is -2.17. The van der Waals surface area contributed by atoms with E-state index in [2.05, 4.69) is 4.98 Å². The van der Waals surface area contributed by atoms with E-state index >= 15 is 0 Å². The number of rotatable bonds is 2. The third-order valence-electron chi connectivity index (χ3n) is 3.10. The van der Waals surface area contributed by atoms with Gasteiger partial charge in [0.15, 0.2) is 0 Å². The molecule has 0 amide bonds. The second-order valence-electron chi connectivity index (χ2n) is 4.56. The first-order valence-corrected chi connectivity index (χ1v) is 5.87. The van der Waals surface area contributed by atoms with Crippen molar-refractivity contribution in [2.24, 2.45) is 0 Å². The van der Waals surface area contributed by atoms with Crippen molar-refractivity contribution in [1.29, 1.82) is 0 Å². The van der Waals surface area contributed by atoms with Crippen LogP contribution in [-0.2, 0) is 0 Å². The molecule has 0 spiro atoms. The zero-order valence-electron chi connectivity index (χ0n) is 10.7. The third kappa shape index (κ3) is 2.27. The van der Waals surface area contributed by atoms with E-state index < -0.39 is 6.10 Å². The Morgan fingerprint density at radius 3 is 2.56 bits per heavy atom. The van der Waals surface area contributed by atoms with Crippen LogP contribution in [0.5, 0.6) is 0 Å². The highest BCUT2D eigenvalue weighted by Gasteiger charge is 2.19. The molecule has 1 aromatic heterocycles. The fourth-order valence-corrected chi connectivity index (χ4v) is 2.21. The molecule has 1 unspecified atom stereocenters. The van der Waals surface area contributed by atoms with Crippen molar-refractivity contribution in [3.8, 4) is 0 Å². The van der Waals surface area contributed by atoms with E-state index in [4.69, 9.17) is 0 Å². The summed E-state index contributed by atoms with van der Waals surface area (Å²) in [6.07, 6.45) is 0.684. The van der Waals surface area contributed by atoms with Crippen LogP contribution in [-0.4, -0.2) is 10.1 Å². The van der Waals surface area contributed by atoms with Crippen molar-refractivity contribution < 1.29 is 9.50 Å². The summed E-state index contributed by atoms with van der Waals surface area (Å²) in [6, 6.07) is 6.82. The molecule has 2 nitrogen and oxygen atoms in total. The fraction of sp³-hybridized carbons (Fsp3) is 0.267. The van der Waals surface area contributed by atoms with Crippen molar-refractivity contribution in [1.82, 2.24) is 4.98 Å². The largest absolute Gasteiger partial charge is 0.383 e. The maximum atomic E-state index is 14.0. The molecule has 2 rings (SSSR count). The first kappa shape index (κ1) is 12.7. The molecular formula is C15H16FNO. The number of aliphatic hydroxyl groups excluding tert-OH is 1. The predicted molar refractivity (Wildman–Crippen MR) is 68.9 cm³/mol. The van der Waals surface area contributed by atoms with Gasteiger partial charge in [0.2, 0.25) is 0 Å². The number of nitrogens with zero attached hydrogens (tertiary/aromatic N) is 1. The van der Waals surface area contributed by atoms with Gasteiger partial charge in [0.1, 0.15) is 11.9 Å². The van der Waals surface area contributed by atoms with E-state index in [1.54, 1.807) is 32.2 Å². The van der Waals surface area contributed by atoms with Crippen molar-refractivity contribution in [2.45, 2.75) is 26.9 Å². The third-order valence-corrected chi connectivity index (χ3v) is 3.10. The van der Waals surface area contributed by atoms with Gasteiger partial charge >= 0.3 is 0 Å². The number of benzene rings is 1. The Labute approximate surface area is 106 Å². The molecule has 0 aliphatic carbocycles. The van der Waals surface area contributed by atoms with Crippen LogP contribution in [0.25, 0.3) is 0 Å². The first-order chi connectivity index (χ1) is 8.50. The molecule has 2 aromatic rings. The quantitative estimate of drug-likeness (QED) is 0.881. The van der Waals surface area contributed by atoms with Crippen LogP contribution in [0.3, 0.4) is 0 Å². The molecule has 0 saturated carbocycles. The second kappa shape index (κ2) is 4.86. The normalized spacial score (nSPS) is 12.5. The molecule has 0 aliphatic rings. The SMILES string of the molecule is Cc1cc(C)c(C(O)c2cccnc2C)c(F)c1. The Balaban J connectivity index is 2.53. The van der Waals surface area contributed by atoms with Crippen LogP contribution in [0, 0.1) is 26.6 Å². The summed E-state index contributed by atoms with van der Waals surface area (Å²) in [4.78, 5) is 4.12. The van der Waals surface area contributed by atoms with Gasteiger partial charge in [0, 0.05) is 23.0 Å². The molecule has 1 atom stereocenters. The molecule has 18 heavy (non-hydrogen) atoms. The number of halogens is 1. The molecule has 1 aromatic carbocycles. The highest BCUT2D eigenvalue weighted by Crippen LogP contribution is 2.29. The van der Waals surface area contributed by atoms with Crippen LogP contribution >= 0.6 is 0 Å². The zero-order valence-corrected chi connectivity index (χ0v) is 10.7. The molecule has 0 radical (unpaired) electrons. The molecule has 3 heteroatoms. The Bertz CT molecular complexity index is 557. The van der Waals surface area contributed by atoms with Gasteiger partial charge in [-0.25, -0.2) is 4.39 Å². The number of hydrogen-bond acceptors (Lipinski definition) is 2. The van der Waals surface area contributed by atoms with Gasteiger partial charge in [-0.2, -0.15) is 0 Å². The van der Waals surface area contributed by atoms with Crippen molar-refractivity contribution in [3.63, 3.8) is 0 Å². The summed E-state index contributed by atoms with van der Waals surface area (Å²) in [5.74, 6) is -0.372. The predicted octanol–water partition coefficient (Wildman–Crippen LogP) is 3.23. The molecule has 1 N–H and O–H groups in total. The molecule has 1 heterocycles. The summed E-state index contributed by atoms with van der Waals surface area (Å²) in [6.45, 7) is 5.45. The monoisotopic (exact) mass is 245 g/mol. The highest BCUT2D eigenvalue weighted by molar-refractivity contribution is 5.39. The maximum Gasteiger partial charge on any atom is 0.129 e. The number of aromatic nitrogens is 1. The fourth-order valence-electron chi connectivity index (χ4n) is 2.21. The summed E-state index contributed by atoms with van der Waals surface area (Å²) >= 11 is 0. The Morgan fingerprint density at radius 1 is 1.22 bits per heavy atom. The van der Waals surface area contributed by atoms with Gasteiger partial charge in [0.25, 0.3) is 0 Å². The molecular weight excluding hydrogens is 229 g/mol. The average molecular weight is 245 g/mol. The van der Waals surface area contributed by atoms with Crippen LogP contribution in [0.2, 0.25) is 0 Å². The topological polar surface area (TPSA) is 33.1 Å². The van der Waals surface area contributed by atoms with Crippen LogP contribution in [0.15, 0.2) is 30.5 Å². The smallest absolute Gasteiger partial charge is 0.129 e. The van der Waals surface area contributed by atoms with E-state index in [1.807, 2.05) is 13.0 Å². The van der Waals surface area contributed by atoms with Crippen LogP contribution in [0.4, 0.5) is 4.39 Å². The number of aryl methyl sites for hydroxylation is 3. The molecule has 94 valence electrons. The van der Waals surface area contributed by atoms with Gasteiger partial charge in [0.05, 0.1) is 0 Å². The van der Waals surface area contributed by atoms with Crippen molar-refractivity contribution in [2.75, 3.05) is 0 Å². The lowest BCUT2D eigenvalue weighted by molar-refractivity contribution is 0.213. The summed E-state index contributed by atoms with van der Waals surface area (Å²) < 4.78 is 14.0. The van der Waals surface area contributed by atoms with Gasteiger partial charge in [-0.15, -0.1) is 0 Å². The number of aliphatic hydroxyl groups is 1. The van der Waals surface area contributed by atoms with Gasteiger partial charge in [-0.05, 0) is 44.0 Å². The lowest BCUT2D eigenvalue weighted by Crippen LogP contribution is -2.08. The number of pyridine rings is 1. The van der Waals surface area contributed by atoms with E-state index in [-0.39, 0.29) is 5.82 Å². The Morgan fingerprint density at radius 2 is 1.94 bits per heavy atom. The highest BCUT2D eigenvalue weighted by atomic mass is 19.1. The number of hydrogen-bond donors (Lipinski definition) is 1. The van der Waals surface area contributed by atoms with E-state index in [9.17, 15) is 9.50 Å². The first-order valence-electron chi connectivity index (χ1n) is 5.87. The van der Waals surface area contributed by atoms with E-state index in [1.165, 1.54) is 6.07 Å². The van der Waals surface area contributed by atoms with Crippen LogP contribution in [0.1, 0.15) is 34.1 Å². The van der Waals surface area contributed by atoms with E-state index in [0.717, 1.165) is 11.1 Å². The zero-order chi connectivity index (χ0) is 13.3. The van der Waals surface area contributed by atoms with Gasteiger partial charge in [-0.3, -0.25) is 4.98 Å². The lowest BCUT2D eigenvalue weighted by atomic mass is 9.95. The van der Waals surface area contributed by atoms with Crippen molar-refractivity contribution >= 4 is 0 Å². The molecule has 0 saturated heterocycles. The standard InChI is InChI=1S/C15H16FNO/c1-9-7-10(2)14(13(16)8-9)15(18)12-5-4-6-17-11(12)3/h4-8,15,18H,1-3H3. The van der Waals surface area contributed by atoms with Gasteiger partial charge in [-0.1, -0.05) is 12.1 Å². The van der Waals surface area contributed by atoms with E-state index in [0.29, 0.717) is 16.8 Å². The molecule has 0 fully saturated rings. The minimum Gasteiger partial charge on any atom is -0.383 e. The van der Waals surface area contributed by atoms with Crippen molar-refractivity contribution in [3.05, 3.63) is 64.2 Å². The maximum absolute atomic E-state index is 14.0. The second-order valence-corrected chi connectivity index (χ2v) is 4.56. The summed E-state index contributed by atoms with van der Waals surface area (Å²) in [5.41, 5.74) is 3.29. The average Bonchev–Trinajstić information content (AvgIpc) is 2.27. The summed E-state index contributed by atoms with van der Waals surface area (Å²) in [5, 5.41) is 10.3. The Hall–Kier alpha value is -1.74. The Kier molecular flexibility index (Phi) is 3.43. The molecule has 0 aliphatic heterocycles. The minimum atomic E-state index is -0.973. The minimum absolute atomic E-state index is 0.330. The van der Waals surface area contributed by atoms with Crippen LogP contribution < -0.4 is 0 Å². The molecule has 0 bridgehead atoms. The summed E-state index contributed by atoms with van der Waals surface area (Å²) in [7, 11) is 0. The van der Waals surface area contributed by atoms with Gasteiger partial charge < -0.3 is 5.11 Å².